The molecule has 0 aliphatic carbocycles. The molecule has 1 unspecified atom stereocenters. The van der Waals surface area contributed by atoms with E-state index < -0.39 is 16.1 Å². The second-order valence-electron chi connectivity index (χ2n) is 8.09. The standard InChI is InChI=1S/C24H32N2O5S/c1-18-11-12-21(16-23(18)32(28,29)26-13-6-4-5-7-14-26)25-24(27)19(2)31-17-20-9-8-10-22(15-20)30-3/h8-12,15-16,19H,4-7,13-14,17H2,1-3H3,(H,25,27). The van der Waals surface area contributed by atoms with Crippen LogP contribution in [0.3, 0.4) is 0 Å². The Balaban J connectivity index is 1.67. The Bertz CT molecular complexity index is 1030. The number of carbonyl (C=O) groups excluding carboxylic acids is 1. The number of sulfonamides is 1. The van der Waals surface area contributed by atoms with Crippen LogP contribution in [0.1, 0.15) is 43.7 Å². The molecule has 0 saturated carbocycles. The molecule has 1 aliphatic rings. The van der Waals surface area contributed by atoms with Crippen molar-refractivity contribution in [1.82, 2.24) is 4.31 Å². The number of anilines is 1. The van der Waals surface area contributed by atoms with Crippen LogP contribution in [0.4, 0.5) is 5.69 Å². The summed E-state index contributed by atoms with van der Waals surface area (Å²) in [6.07, 6.45) is 3.13. The SMILES string of the molecule is COc1cccc(COC(C)C(=O)Nc2ccc(C)c(S(=O)(=O)N3CCCCCC3)c2)c1. The third kappa shape index (κ3) is 6.09. The summed E-state index contributed by atoms with van der Waals surface area (Å²) in [5, 5.41) is 2.78. The van der Waals surface area contributed by atoms with Gasteiger partial charge in [-0.05, 0) is 62.1 Å². The average Bonchev–Trinajstić information content (AvgIpc) is 3.09. The summed E-state index contributed by atoms with van der Waals surface area (Å²) in [6, 6.07) is 12.4. The lowest BCUT2D eigenvalue weighted by Gasteiger charge is -2.22. The van der Waals surface area contributed by atoms with Crippen LogP contribution in [-0.4, -0.2) is 44.9 Å². The zero-order chi connectivity index (χ0) is 23.1. The molecule has 1 fully saturated rings. The van der Waals surface area contributed by atoms with Gasteiger partial charge in [0.2, 0.25) is 10.0 Å². The number of hydrogen-bond acceptors (Lipinski definition) is 5. The van der Waals surface area contributed by atoms with Crippen LogP contribution in [0, 0.1) is 6.92 Å². The van der Waals surface area contributed by atoms with Crippen molar-refractivity contribution in [3.8, 4) is 5.75 Å². The number of methoxy groups -OCH3 is 1. The number of nitrogens with one attached hydrogen (secondary N) is 1. The van der Waals surface area contributed by atoms with Gasteiger partial charge in [0, 0.05) is 18.8 Å². The van der Waals surface area contributed by atoms with Crippen LogP contribution >= 0.6 is 0 Å². The van der Waals surface area contributed by atoms with Gasteiger partial charge in [-0.2, -0.15) is 4.31 Å². The molecule has 32 heavy (non-hydrogen) atoms. The monoisotopic (exact) mass is 460 g/mol. The molecule has 1 heterocycles. The minimum Gasteiger partial charge on any atom is -0.497 e. The van der Waals surface area contributed by atoms with Crippen LogP contribution in [0.5, 0.6) is 5.75 Å². The van der Waals surface area contributed by atoms with E-state index in [1.54, 1.807) is 43.5 Å². The fourth-order valence-corrected chi connectivity index (χ4v) is 5.45. The number of amides is 1. The van der Waals surface area contributed by atoms with Gasteiger partial charge in [0.1, 0.15) is 11.9 Å². The lowest BCUT2D eigenvalue weighted by atomic mass is 10.2. The van der Waals surface area contributed by atoms with Crippen molar-refractivity contribution in [2.24, 2.45) is 0 Å². The maximum absolute atomic E-state index is 13.2. The summed E-state index contributed by atoms with van der Waals surface area (Å²) in [5.41, 5.74) is 1.99. The van der Waals surface area contributed by atoms with Crippen molar-refractivity contribution in [1.29, 1.82) is 0 Å². The number of nitrogens with zero attached hydrogens (tertiary/aromatic N) is 1. The second kappa shape index (κ2) is 10.9. The first-order valence-electron chi connectivity index (χ1n) is 11.0. The lowest BCUT2D eigenvalue weighted by molar-refractivity contribution is -0.127. The molecule has 174 valence electrons. The van der Waals surface area contributed by atoms with Crippen LogP contribution < -0.4 is 10.1 Å². The topological polar surface area (TPSA) is 84.9 Å². The normalized spacial score (nSPS) is 16.2. The lowest BCUT2D eigenvalue weighted by Crippen LogP contribution is -2.32. The van der Waals surface area contributed by atoms with Gasteiger partial charge in [-0.3, -0.25) is 4.79 Å². The Labute approximate surface area is 190 Å². The molecular formula is C24H32N2O5S. The van der Waals surface area contributed by atoms with Crippen LogP contribution in [0.15, 0.2) is 47.4 Å². The van der Waals surface area contributed by atoms with E-state index in [-0.39, 0.29) is 17.4 Å². The van der Waals surface area contributed by atoms with Gasteiger partial charge in [-0.25, -0.2) is 8.42 Å². The van der Waals surface area contributed by atoms with Gasteiger partial charge < -0.3 is 14.8 Å². The van der Waals surface area contributed by atoms with E-state index in [1.165, 1.54) is 0 Å². The van der Waals surface area contributed by atoms with Crippen molar-refractivity contribution in [2.45, 2.75) is 57.1 Å². The quantitative estimate of drug-likeness (QED) is 0.641. The van der Waals surface area contributed by atoms with E-state index in [2.05, 4.69) is 5.32 Å². The summed E-state index contributed by atoms with van der Waals surface area (Å²) in [4.78, 5) is 12.9. The van der Waals surface area contributed by atoms with Crippen molar-refractivity contribution in [3.63, 3.8) is 0 Å². The van der Waals surface area contributed by atoms with Gasteiger partial charge in [0.15, 0.2) is 0 Å². The van der Waals surface area contributed by atoms with Gasteiger partial charge in [-0.1, -0.05) is 31.0 Å². The smallest absolute Gasteiger partial charge is 0.253 e. The fraction of sp³-hybridized carbons (Fsp3) is 0.458. The predicted octanol–water partition coefficient (Wildman–Crippen LogP) is 4.11. The largest absolute Gasteiger partial charge is 0.497 e. The van der Waals surface area contributed by atoms with Gasteiger partial charge in [0.05, 0.1) is 18.6 Å². The van der Waals surface area contributed by atoms with E-state index in [9.17, 15) is 13.2 Å². The first-order valence-corrected chi connectivity index (χ1v) is 12.4. The minimum absolute atomic E-state index is 0.238. The summed E-state index contributed by atoms with van der Waals surface area (Å²) >= 11 is 0. The summed E-state index contributed by atoms with van der Waals surface area (Å²) in [6.45, 7) is 4.77. The molecule has 1 amide bonds. The highest BCUT2D eigenvalue weighted by molar-refractivity contribution is 7.89. The second-order valence-corrected chi connectivity index (χ2v) is 10.00. The molecule has 1 N–H and O–H groups in total. The molecular weight excluding hydrogens is 428 g/mol. The maximum Gasteiger partial charge on any atom is 0.253 e. The molecule has 1 atom stereocenters. The van der Waals surface area contributed by atoms with Gasteiger partial charge in [-0.15, -0.1) is 0 Å². The van der Waals surface area contributed by atoms with Crippen molar-refractivity contribution in [2.75, 3.05) is 25.5 Å². The molecule has 7 nitrogen and oxygen atoms in total. The Hall–Kier alpha value is -2.42. The minimum atomic E-state index is -3.61. The van der Waals surface area contributed by atoms with Crippen LogP contribution in [-0.2, 0) is 26.2 Å². The van der Waals surface area contributed by atoms with E-state index in [1.807, 2.05) is 24.3 Å². The van der Waals surface area contributed by atoms with Gasteiger partial charge in [0.25, 0.3) is 5.91 Å². The number of benzene rings is 2. The zero-order valence-electron chi connectivity index (χ0n) is 19.0. The first-order chi connectivity index (χ1) is 15.3. The summed E-state index contributed by atoms with van der Waals surface area (Å²) < 4.78 is 38.9. The van der Waals surface area contributed by atoms with E-state index >= 15 is 0 Å². The Morgan fingerprint density at radius 2 is 1.81 bits per heavy atom. The molecule has 0 bridgehead atoms. The van der Waals surface area contributed by atoms with Crippen LogP contribution in [0.2, 0.25) is 0 Å². The number of hydrogen-bond donors (Lipinski definition) is 1. The maximum atomic E-state index is 13.2. The van der Waals surface area contributed by atoms with Crippen molar-refractivity contribution >= 4 is 21.6 Å². The third-order valence-corrected chi connectivity index (χ3v) is 7.68. The van der Waals surface area contributed by atoms with E-state index in [0.717, 1.165) is 37.0 Å². The molecule has 0 aromatic heterocycles. The first kappa shape index (κ1) is 24.2. The van der Waals surface area contributed by atoms with Crippen LogP contribution in [0.25, 0.3) is 0 Å². The highest BCUT2D eigenvalue weighted by atomic mass is 32.2. The Kier molecular flexibility index (Phi) is 8.28. The van der Waals surface area contributed by atoms with E-state index in [0.29, 0.717) is 24.3 Å². The zero-order valence-corrected chi connectivity index (χ0v) is 19.8. The fourth-order valence-electron chi connectivity index (χ4n) is 3.68. The number of ether oxygens (including phenoxy) is 2. The van der Waals surface area contributed by atoms with Crippen molar-refractivity contribution in [3.05, 3.63) is 53.6 Å². The highest BCUT2D eigenvalue weighted by Gasteiger charge is 2.27. The average molecular weight is 461 g/mol. The van der Waals surface area contributed by atoms with E-state index in [4.69, 9.17) is 9.47 Å². The highest BCUT2D eigenvalue weighted by Crippen LogP contribution is 2.26. The van der Waals surface area contributed by atoms with Crippen molar-refractivity contribution < 1.29 is 22.7 Å². The number of rotatable bonds is 8. The molecule has 3 rings (SSSR count). The molecule has 0 spiro atoms. The summed E-state index contributed by atoms with van der Waals surface area (Å²) in [5.74, 6) is 0.385. The summed E-state index contributed by atoms with van der Waals surface area (Å²) in [7, 11) is -2.01. The Morgan fingerprint density at radius 3 is 2.50 bits per heavy atom. The molecule has 1 saturated heterocycles. The Morgan fingerprint density at radius 1 is 1.09 bits per heavy atom. The number of carbonyl (C=O) groups is 1. The molecule has 2 aromatic carbocycles. The molecule has 2 aromatic rings. The molecule has 1 aliphatic heterocycles. The van der Waals surface area contributed by atoms with Gasteiger partial charge >= 0.3 is 0 Å². The number of aryl methyl sites for hydroxylation is 1. The predicted molar refractivity (Wildman–Crippen MR) is 124 cm³/mol. The molecule has 8 heteroatoms. The molecule has 0 radical (unpaired) electrons. The third-order valence-electron chi connectivity index (χ3n) is 5.64.